The van der Waals surface area contributed by atoms with E-state index in [1.807, 2.05) is 0 Å². The molecule has 0 radical (unpaired) electrons. The fourth-order valence-electron chi connectivity index (χ4n) is 1.37. The maximum absolute atomic E-state index is 11.4. The maximum atomic E-state index is 11.4. The predicted octanol–water partition coefficient (Wildman–Crippen LogP) is 0.603. The van der Waals surface area contributed by atoms with E-state index in [1.54, 1.807) is 32.2 Å². The Morgan fingerprint density at radius 3 is 2.72 bits per heavy atom. The molecule has 4 N–H and O–H groups in total. The number of nitrogen functional groups attached to an aromatic ring is 1. The van der Waals surface area contributed by atoms with Gasteiger partial charge >= 0.3 is 5.97 Å². The van der Waals surface area contributed by atoms with Crippen LogP contribution in [-0.4, -0.2) is 32.1 Å². The van der Waals surface area contributed by atoms with Crippen molar-refractivity contribution in [2.24, 2.45) is 0 Å². The molecule has 0 aliphatic carbocycles. The zero-order chi connectivity index (χ0) is 13.5. The maximum Gasteiger partial charge on any atom is 0.325 e. The third-order valence-electron chi connectivity index (χ3n) is 2.27. The number of hydrogen-bond donors (Lipinski definition) is 3. The van der Waals surface area contributed by atoms with Crippen LogP contribution in [0.15, 0.2) is 18.2 Å². The van der Waals surface area contributed by atoms with Gasteiger partial charge in [-0.05, 0) is 25.1 Å². The molecule has 1 amide bonds. The predicted molar refractivity (Wildman–Crippen MR) is 69.4 cm³/mol. The Morgan fingerprint density at radius 1 is 1.39 bits per heavy atom. The Hall–Kier alpha value is -2.24. The molecule has 0 unspecified atom stereocenters. The summed E-state index contributed by atoms with van der Waals surface area (Å²) in [4.78, 5) is 22.6. The van der Waals surface area contributed by atoms with Gasteiger partial charge < -0.3 is 21.1 Å². The van der Waals surface area contributed by atoms with Crippen molar-refractivity contribution in [1.29, 1.82) is 0 Å². The summed E-state index contributed by atoms with van der Waals surface area (Å²) in [5, 5.41) is 5.35. The summed E-state index contributed by atoms with van der Waals surface area (Å²) in [6.07, 6.45) is 0. The first-order valence-corrected chi connectivity index (χ1v) is 5.59. The molecule has 6 nitrogen and oxygen atoms in total. The standard InChI is InChI=1S/C12H17N3O3/c1-3-18-11(16)7-15-10-6-8(12(17)14-2)4-5-9(10)13/h4-6,15H,3,7,13H2,1-2H3,(H,14,17). The number of rotatable bonds is 5. The van der Waals surface area contributed by atoms with Crippen LogP contribution >= 0.6 is 0 Å². The highest BCUT2D eigenvalue weighted by atomic mass is 16.5. The van der Waals surface area contributed by atoms with E-state index in [2.05, 4.69) is 10.6 Å². The largest absolute Gasteiger partial charge is 0.465 e. The van der Waals surface area contributed by atoms with Gasteiger partial charge in [-0.3, -0.25) is 9.59 Å². The van der Waals surface area contributed by atoms with Crippen LogP contribution in [0.2, 0.25) is 0 Å². The van der Waals surface area contributed by atoms with Crippen LogP contribution < -0.4 is 16.4 Å². The lowest BCUT2D eigenvalue weighted by atomic mass is 10.1. The first-order valence-electron chi connectivity index (χ1n) is 5.59. The third-order valence-corrected chi connectivity index (χ3v) is 2.27. The van der Waals surface area contributed by atoms with Gasteiger partial charge in [-0.1, -0.05) is 0 Å². The van der Waals surface area contributed by atoms with Gasteiger partial charge in [-0.2, -0.15) is 0 Å². The molecule has 0 aromatic heterocycles. The molecule has 6 heteroatoms. The topological polar surface area (TPSA) is 93.4 Å². The lowest BCUT2D eigenvalue weighted by Crippen LogP contribution is -2.20. The Morgan fingerprint density at radius 2 is 2.11 bits per heavy atom. The van der Waals surface area contributed by atoms with Gasteiger partial charge in [0.05, 0.1) is 18.0 Å². The van der Waals surface area contributed by atoms with Gasteiger partial charge in [0.15, 0.2) is 0 Å². The van der Waals surface area contributed by atoms with Crippen LogP contribution in [0.4, 0.5) is 11.4 Å². The van der Waals surface area contributed by atoms with Crippen molar-refractivity contribution in [3.05, 3.63) is 23.8 Å². The number of amides is 1. The first kappa shape index (κ1) is 13.8. The zero-order valence-corrected chi connectivity index (χ0v) is 10.4. The average molecular weight is 251 g/mol. The Kier molecular flexibility index (Phi) is 4.98. The summed E-state index contributed by atoms with van der Waals surface area (Å²) >= 11 is 0. The summed E-state index contributed by atoms with van der Waals surface area (Å²) in [5.41, 5.74) is 7.21. The molecule has 0 saturated heterocycles. The number of nitrogens with one attached hydrogen (secondary N) is 2. The SMILES string of the molecule is CCOC(=O)CNc1cc(C(=O)NC)ccc1N. The Labute approximate surface area is 105 Å². The summed E-state index contributed by atoms with van der Waals surface area (Å²) in [6, 6.07) is 4.81. The number of ether oxygens (including phenoxy) is 1. The van der Waals surface area contributed by atoms with Gasteiger partial charge in [-0.15, -0.1) is 0 Å². The second kappa shape index (κ2) is 6.48. The minimum absolute atomic E-state index is 0.00916. The van der Waals surface area contributed by atoms with E-state index in [1.165, 1.54) is 0 Å². The van der Waals surface area contributed by atoms with E-state index in [0.717, 1.165) is 0 Å². The summed E-state index contributed by atoms with van der Waals surface area (Å²) in [7, 11) is 1.55. The molecular formula is C12H17N3O3. The Balaban J connectivity index is 2.75. The average Bonchev–Trinajstić information content (AvgIpc) is 2.37. The van der Waals surface area contributed by atoms with Gasteiger partial charge in [0.25, 0.3) is 5.91 Å². The fourth-order valence-corrected chi connectivity index (χ4v) is 1.37. The molecule has 1 aromatic carbocycles. The molecule has 98 valence electrons. The van der Waals surface area contributed by atoms with E-state index in [4.69, 9.17) is 10.5 Å². The molecule has 0 aliphatic heterocycles. The lowest BCUT2D eigenvalue weighted by Gasteiger charge is -2.10. The highest BCUT2D eigenvalue weighted by Crippen LogP contribution is 2.19. The minimum atomic E-state index is -0.373. The molecule has 0 bridgehead atoms. The normalized spacial score (nSPS) is 9.67. The van der Waals surface area contributed by atoms with Crippen molar-refractivity contribution in [2.75, 3.05) is 31.2 Å². The van der Waals surface area contributed by atoms with Crippen LogP contribution in [-0.2, 0) is 9.53 Å². The molecule has 0 fully saturated rings. The lowest BCUT2D eigenvalue weighted by molar-refractivity contribution is -0.140. The number of hydrogen-bond acceptors (Lipinski definition) is 5. The summed E-state index contributed by atoms with van der Waals surface area (Å²) < 4.78 is 4.78. The first-order chi connectivity index (χ1) is 8.58. The number of benzene rings is 1. The van der Waals surface area contributed by atoms with Gasteiger partial charge in [0.2, 0.25) is 0 Å². The molecule has 18 heavy (non-hydrogen) atoms. The highest BCUT2D eigenvalue weighted by molar-refractivity contribution is 5.96. The molecule has 0 spiro atoms. The molecule has 0 heterocycles. The van der Waals surface area contributed by atoms with Crippen molar-refractivity contribution < 1.29 is 14.3 Å². The third kappa shape index (κ3) is 3.65. The van der Waals surface area contributed by atoms with E-state index in [-0.39, 0.29) is 18.4 Å². The molecule has 0 atom stereocenters. The second-order valence-corrected chi connectivity index (χ2v) is 3.54. The van der Waals surface area contributed by atoms with E-state index in [0.29, 0.717) is 23.5 Å². The monoisotopic (exact) mass is 251 g/mol. The number of nitrogens with two attached hydrogens (primary N) is 1. The molecule has 1 aromatic rings. The minimum Gasteiger partial charge on any atom is -0.465 e. The zero-order valence-electron chi connectivity index (χ0n) is 10.4. The molecule has 0 saturated carbocycles. The van der Waals surface area contributed by atoms with Crippen LogP contribution in [0, 0.1) is 0 Å². The van der Waals surface area contributed by atoms with E-state index >= 15 is 0 Å². The summed E-state index contributed by atoms with van der Waals surface area (Å²) in [6.45, 7) is 2.07. The van der Waals surface area contributed by atoms with Gasteiger partial charge in [-0.25, -0.2) is 0 Å². The summed E-state index contributed by atoms with van der Waals surface area (Å²) in [5.74, 6) is -0.587. The van der Waals surface area contributed by atoms with Gasteiger partial charge in [0, 0.05) is 12.6 Å². The van der Waals surface area contributed by atoms with Crippen LogP contribution in [0.25, 0.3) is 0 Å². The molecule has 0 aliphatic rings. The highest BCUT2D eigenvalue weighted by Gasteiger charge is 2.08. The second-order valence-electron chi connectivity index (χ2n) is 3.54. The van der Waals surface area contributed by atoms with E-state index < -0.39 is 0 Å². The Bertz CT molecular complexity index is 446. The van der Waals surface area contributed by atoms with Crippen molar-refractivity contribution >= 4 is 23.3 Å². The quantitative estimate of drug-likeness (QED) is 0.526. The number of anilines is 2. The van der Waals surface area contributed by atoms with Crippen LogP contribution in [0.5, 0.6) is 0 Å². The number of carbonyl (C=O) groups excluding carboxylic acids is 2. The smallest absolute Gasteiger partial charge is 0.325 e. The number of carbonyl (C=O) groups is 2. The molecular weight excluding hydrogens is 234 g/mol. The van der Waals surface area contributed by atoms with Crippen LogP contribution in [0.1, 0.15) is 17.3 Å². The van der Waals surface area contributed by atoms with Crippen molar-refractivity contribution in [3.8, 4) is 0 Å². The number of esters is 1. The van der Waals surface area contributed by atoms with Crippen molar-refractivity contribution in [1.82, 2.24) is 5.32 Å². The van der Waals surface area contributed by atoms with Gasteiger partial charge in [0.1, 0.15) is 6.54 Å². The molecule has 1 rings (SSSR count). The van der Waals surface area contributed by atoms with Crippen molar-refractivity contribution in [2.45, 2.75) is 6.92 Å². The van der Waals surface area contributed by atoms with E-state index in [9.17, 15) is 9.59 Å². The fraction of sp³-hybridized carbons (Fsp3) is 0.333. The van der Waals surface area contributed by atoms with Crippen LogP contribution in [0.3, 0.4) is 0 Å². The van der Waals surface area contributed by atoms with Crippen molar-refractivity contribution in [3.63, 3.8) is 0 Å².